The van der Waals surface area contributed by atoms with Gasteiger partial charge in [-0.25, -0.2) is 0 Å². The van der Waals surface area contributed by atoms with Gasteiger partial charge in [-0.05, 0) is 59.8 Å². The average Bonchev–Trinajstić information content (AvgIpc) is 3.01. The first-order valence-corrected chi connectivity index (χ1v) is 12.9. The molecule has 4 aromatic rings. The first-order valence-electron chi connectivity index (χ1n) is 12.1. The third kappa shape index (κ3) is 14.2. The third-order valence-electron chi connectivity index (χ3n) is 4.68. The van der Waals surface area contributed by atoms with Crippen molar-refractivity contribution < 1.29 is 37.9 Å². The fourth-order valence-corrected chi connectivity index (χ4v) is 2.97. The molecule has 0 spiro atoms. The van der Waals surface area contributed by atoms with Crippen LogP contribution in [0.2, 0.25) is 0 Å². The molecule has 15 heteroatoms. The Hall–Kier alpha value is -4.66. The van der Waals surface area contributed by atoms with Gasteiger partial charge >= 0.3 is 27.7 Å². The van der Waals surface area contributed by atoms with Crippen LogP contribution < -0.4 is 31.9 Å². The fourth-order valence-electron chi connectivity index (χ4n) is 2.76. The molecule has 0 unspecified atom stereocenters. The molecule has 0 aliphatic rings. The van der Waals surface area contributed by atoms with Crippen LogP contribution in [0.4, 0.5) is 0 Å². The molecular weight excluding hydrogens is 773 g/mol. The molecule has 2 heterocycles. The van der Waals surface area contributed by atoms with E-state index in [1.165, 1.54) is 37.0 Å². The van der Waals surface area contributed by atoms with Gasteiger partial charge in [0.2, 0.25) is 10.2 Å². The van der Waals surface area contributed by atoms with Gasteiger partial charge in [0.15, 0.2) is 0 Å². The van der Waals surface area contributed by atoms with Crippen molar-refractivity contribution in [1.82, 2.24) is 31.7 Å². The van der Waals surface area contributed by atoms with Gasteiger partial charge in [-0.1, -0.05) is 72.2 Å². The van der Waals surface area contributed by atoms with Crippen LogP contribution in [0.5, 0.6) is 11.5 Å². The number of para-hydroxylation sites is 2. The molecule has 0 bridgehead atoms. The fraction of sp³-hybridized carbons (Fsp3) is 0. The molecule has 0 aliphatic carbocycles. The number of hydrogen-bond acceptors (Lipinski definition) is 10. The maximum Gasteiger partial charge on any atom is 2.00 e. The predicted molar refractivity (Wildman–Crippen MR) is 168 cm³/mol. The quantitative estimate of drug-likeness (QED) is 0.0896. The Labute approximate surface area is 279 Å². The second-order valence-electron chi connectivity index (χ2n) is 7.72. The molecule has 43 heavy (non-hydrogen) atoms. The SMILES string of the molecule is [Hg+2].[O-]c1ccccc1/C=N/NC(=S)N/N=C/c1ccccn1.[O-]c1ccccc1/C=N/NC(=S)N/N=C/c1ccccn1. The number of pyridine rings is 2. The minimum atomic E-state index is -0.102. The van der Waals surface area contributed by atoms with E-state index >= 15 is 0 Å². The van der Waals surface area contributed by atoms with Crippen molar-refractivity contribution in [1.29, 1.82) is 0 Å². The smallest absolute Gasteiger partial charge is 0.872 e. The Morgan fingerprint density at radius 1 is 0.535 bits per heavy atom. The van der Waals surface area contributed by atoms with E-state index in [4.69, 9.17) is 24.4 Å². The van der Waals surface area contributed by atoms with Crippen LogP contribution in [0.3, 0.4) is 0 Å². The number of nitrogens with one attached hydrogen (secondary N) is 4. The predicted octanol–water partition coefficient (Wildman–Crippen LogP) is 1.97. The first kappa shape index (κ1) is 34.5. The van der Waals surface area contributed by atoms with Crippen LogP contribution in [-0.4, -0.2) is 45.1 Å². The number of aromatic nitrogens is 2. The van der Waals surface area contributed by atoms with E-state index in [1.807, 2.05) is 36.4 Å². The molecule has 2 aromatic carbocycles. The molecule has 0 fully saturated rings. The standard InChI is InChI=1S/2C14H13N5OS.Hg/c2*20-13-7-2-1-5-11(13)9-16-18-14(21)19-17-10-12-6-3-4-8-15-12;/h2*1-10,20H,(H2,18,19,21);/q;;+2/p-2/b2*16-9+,17-10+;. The summed E-state index contributed by atoms with van der Waals surface area (Å²) in [5.41, 5.74) is 12.7. The molecule has 0 radical (unpaired) electrons. The maximum atomic E-state index is 11.4. The van der Waals surface area contributed by atoms with E-state index in [2.05, 4.69) is 52.1 Å². The Morgan fingerprint density at radius 2 is 0.884 bits per heavy atom. The second-order valence-corrected chi connectivity index (χ2v) is 8.54. The summed E-state index contributed by atoms with van der Waals surface area (Å²) >= 11 is 9.94. The molecule has 4 rings (SSSR count). The summed E-state index contributed by atoms with van der Waals surface area (Å²) < 4.78 is 0. The number of nitrogens with zero attached hydrogens (tertiary/aromatic N) is 6. The molecule has 2 aromatic heterocycles. The van der Waals surface area contributed by atoms with Gasteiger partial charge in [-0.15, -0.1) is 0 Å². The molecular formula is C28H24HgN10O2S2. The number of hydrazone groups is 4. The van der Waals surface area contributed by atoms with E-state index in [-0.39, 0.29) is 49.4 Å². The normalized spacial score (nSPS) is 10.6. The summed E-state index contributed by atoms with van der Waals surface area (Å²) in [6.45, 7) is 0. The molecule has 12 nitrogen and oxygen atoms in total. The topological polar surface area (TPSA) is 169 Å². The van der Waals surface area contributed by atoms with Gasteiger partial charge in [-0.3, -0.25) is 31.7 Å². The van der Waals surface area contributed by atoms with E-state index < -0.39 is 0 Å². The zero-order valence-electron chi connectivity index (χ0n) is 22.6. The zero-order valence-corrected chi connectivity index (χ0v) is 29.7. The van der Waals surface area contributed by atoms with Crippen molar-refractivity contribution in [2.24, 2.45) is 20.4 Å². The molecule has 0 saturated carbocycles. The summed E-state index contributed by atoms with van der Waals surface area (Å²) in [6, 6.07) is 24.1. The second kappa shape index (κ2) is 20.3. The van der Waals surface area contributed by atoms with E-state index in [9.17, 15) is 10.2 Å². The Bertz CT molecular complexity index is 1440. The summed E-state index contributed by atoms with van der Waals surface area (Å²) in [7, 11) is 0. The summed E-state index contributed by atoms with van der Waals surface area (Å²) in [5, 5.41) is 38.8. The van der Waals surface area contributed by atoms with Crippen LogP contribution in [0.25, 0.3) is 0 Å². The number of rotatable bonds is 8. The average molecular weight is 797 g/mol. The van der Waals surface area contributed by atoms with Crippen molar-refractivity contribution in [3.8, 4) is 11.5 Å². The largest absolute Gasteiger partial charge is 2.00 e. The molecule has 212 valence electrons. The van der Waals surface area contributed by atoms with Gasteiger partial charge in [0.05, 0.1) is 36.2 Å². The zero-order chi connectivity index (χ0) is 29.8. The number of benzene rings is 2. The molecule has 0 aliphatic heterocycles. The van der Waals surface area contributed by atoms with Crippen LogP contribution in [-0.2, 0) is 27.7 Å². The minimum absolute atomic E-state index is 0. The minimum Gasteiger partial charge on any atom is -0.872 e. The summed E-state index contributed by atoms with van der Waals surface area (Å²) in [5.74, 6) is -0.204. The van der Waals surface area contributed by atoms with Crippen molar-refractivity contribution >= 4 is 59.5 Å². The van der Waals surface area contributed by atoms with Gasteiger partial charge in [-0.2, -0.15) is 20.4 Å². The van der Waals surface area contributed by atoms with E-state index in [0.717, 1.165) is 0 Å². The van der Waals surface area contributed by atoms with Crippen molar-refractivity contribution in [2.75, 3.05) is 0 Å². The van der Waals surface area contributed by atoms with E-state index in [0.29, 0.717) is 22.5 Å². The Morgan fingerprint density at radius 3 is 1.23 bits per heavy atom. The molecule has 0 amide bonds. The van der Waals surface area contributed by atoms with E-state index in [1.54, 1.807) is 48.8 Å². The van der Waals surface area contributed by atoms with Crippen molar-refractivity contribution in [3.05, 3.63) is 120 Å². The van der Waals surface area contributed by atoms with Crippen molar-refractivity contribution in [2.45, 2.75) is 0 Å². The van der Waals surface area contributed by atoms with Crippen LogP contribution in [0.15, 0.2) is 118 Å². The summed E-state index contributed by atoms with van der Waals surface area (Å²) in [6.07, 6.45) is 9.21. The first-order chi connectivity index (χ1) is 20.5. The van der Waals surface area contributed by atoms with Crippen LogP contribution in [0, 0.1) is 0 Å². The van der Waals surface area contributed by atoms with Gasteiger partial charge in [0.25, 0.3) is 0 Å². The van der Waals surface area contributed by atoms with Gasteiger partial charge in [0, 0.05) is 12.4 Å². The van der Waals surface area contributed by atoms with Gasteiger partial charge < -0.3 is 10.2 Å². The number of thiocarbonyl (C=S) groups is 2. The molecule has 0 saturated heterocycles. The maximum absolute atomic E-state index is 11.4. The van der Waals surface area contributed by atoms with Crippen LogP contribution >= 0.6 is 24.4 Å². The third-order valence-corrected chi connectivity index (χ3v) is 5.04. The number of hydrogen-bond donors (Lipinski definition) is 4. The van der Waals surface area contributed by atoms with Crippen molar-refractivity contribution in [3.63, 3.8) is 0 Å². The molecule has 4 N–H and O–H groups in total. The summed E-state index contributed by atoms with van der Waals surface area (Å²) in [4.78, 5) is 8.14. The Balaban J connectivity index is 0.000000293. The molecule has 0 atom stereocenters. The van der Waals surface area contributed by atoms with Gasteiger partial charge in [0.1, 0.15) is 0 Å². The Kier molecular flexibility index (Phi) is 16.3. The van der Waals surface area contributed by atoms with Crippen LogP contribution in [0.1, 0.15) is 22.5 Å². The monoisotopic (exact) mass is 798 g/mol.